The number of hydrogen-bond acceptors (Lipinski definition) is 4. The number of aromatic nitrogens is 1. The molecule has 0 unspecified atom stereocenters. The molecule has 0 aliphatic rings. The molecule has 1 aromatic heterocycles. The van der Waals surface area contributed by atoms with Gasteiger partial charge in [-0.25, -0.2) is 13.8 Å². The Kier molecular flexibility index (Phi) is 5.58. The van der Waals surface area contributed by atoms with Crippen molar-refractivity contribution in [3.05, 3.63) is 59.7 Å². The van der Waals surface area contributed by atoms with E-state index in [-0.39, 0.29) is 19.0 Å². The Bertz CT molecular complexity index is 895. The van der Waals surface area contributed by atoms with E-state index in [0.29, 0.717) is 17.2 Å². The van der Waals surface area contributed by atoms with Crippen molar-refractivity contribution in [3.63, 3.8) is 0 Å². The van der Waals surface area contributed by atoms with Gasteiger partial charge < -0.3 is 0 Å². The molecule has 0 aliphatic carbocycles. The van der Waals surface area contributed by atoms with Crippen LogP contribution in [0.25, 0.3) is 10.2 Å². The molecule has 0 aliphatic heterocycles. The quantitative estimate of drug-likeness (QED) is 0.652. The third-order valence-corrected chi connectivity index (χ3v) is 5.05. The molecule has 0 saturated heterocycles. The summed E-state index contributed by atoms with van der Waals surface area (Å²) in [6.07, 6.45) is 0. The molecule has 3 rings (SSSR count). The highest BCUT2D eigenvalue weighted by atomic mass is 32.1. The molecule has 0 radical (unpaired) electrons. The van der Waals surface area contributed by atoms with Gasteiger partial charge in [0, 0.05) is 24.7 Å². The molecule has 0 fully saturated rings. The van der Waals surface area contributed by atoms with Crippen LogP contribution in [-0.4, -0.2) is 35.9 Å². The second-order valence-electron chi connectivity index (χ2n) is 6.01. The Labute approximate surface area is 154 Å². The van der Waals surface area contributed by atoms with Gasteiger partial charge in [0.05, 0.1) is 16.8 Å². The molecule has 0 N–H and O–H groups in total. The number of anilines is 1. The summed E-state index contributed by atoms with van der Waals surface area (Å²) in [5.74, 6) is -1.34. The second-order valence-corrected chi connectivity index (χ2v) is 7.02. The maximum Gasteiger partial charge on any atom is 0.242 e. The number of likely N-dealkylation sites (N-methyl/N-ethyl adjacent to an activating group) is 2. The summed E-state index contributed by atoms with van der Waals surface area (Å²) in [5, 5.41) is 0.653. The molecule has 0 bridgehead atoms. The van der Waals surface area contributed by atoms with E-state index in [2.05, 4.69) is 4.98 Å². The number of halogens is 2. The average molecular weight is 375 g/mol. The van der Waals surface area contributed by atoms with Gasteiger partial charge in [-0.2, -0.15) is 0 Å². The predicted octanol–water partition coefficient (Wildman–Crippen LogP) is 4.06. The van der Waals surface area contributed by atoms with Crippen molar-refractivity contribution in [2.24, 2.45) is 0 Å². The van der Waals surface area contributed by atoms with Crippen molar-refractivity contribution >= 4 is 32.6 Å². The van der Waals surface area contributed by atoms with Crippen molar-refractivity contribution in [2.45, 2.75) is 13.5 Å². The predicted molar refractivity (Wildman–Crippen MR) is 100 cm³/mol. The third kappa shape index (κ3) is 4.05. The Morgan fingerprint density at radius 2 is 1.96 bits per heavy atom. The molecule has 0 spiro atoms. The van der Waals surface area contributed by atoms with Crippen molar-refractivity contribution in [1.29, 1.82) is 0 Å². The van der Waals surface area contributed by atoms with Crippen molar-refractivity contribution in [3.8, 4) is 0 Å². The minimum atomic E-state index is -0.613. The number of carbonyl (C=O) groups is 1. The third-order valence-electron chi connectivity index (χ3n) is 3.99. The Morgan fingerprint density at radius 1 is 1.19 bits per heavy atom. The Balaban J connectivity index is 1.70. The monoisotopic (exact) mass is 375 g/mol. The van der Waals surface area contributed by atoms with Crippen molar-refractivity contribution in [1.82, 2.24) is 9.88 Å². The highest BCUT2D eigenvalue weighted by Crippen LogP contribution is 2.28. The first-order valence-corrected chi connectivity index (χ1v) is 9.08. The van der Waals surface area contributed by atoms with E-state index < -0.39 is 11.6 Å². The molecule has 1 heterocycles. The van der Waals surface area contributed by atoms with Gasteiger partial charge in [-0.3, -0.25) is 14.6 Å². The van der Waals surface area contributed by atoms with Crippen LogP contribution in [0.5, 0.6) is 0 Å². The van der Waals surface area contributed by atoms with E-state index in [1.165, 1.54) is 23.5 Å². The summed E-state index contributed by atoms with van der Waals surface area (Å²) in [4.78, 5) is 20.5. The summed E-state index contributed by atoms with van der Waals surface area (Å²) < 4.78 is 27.8. The zero-order valence-corrected chi connectivity index (χ0v) is 15.4. The zero-order valence-electron chi connectivity index (χ0n) is 14.6. The maximum atomic E-state index is 13.8. The number of rotatable bonds is 6. The van der Waals surface area contributed by atoms with Crippen LogP contribution in [0, 0.1) is 11.6 Å². The molecule has 136 valence electrons. The molecule has 7 heteroatoms. The van der Waals surface area contributed by atoms with Gasteiger partial charge in [0.25, 0.3) is 0 Å². The normalized spacial score (nSPS) is 11.3. The topological polar surface area (TPSA) is 36.4 Å². The molecule has 0 atom stereocenters. The van der Waals surface area contributed by atoms with Crippen LogP contribution in [0.2, 0.25) is 0 Å². The van der Waals surface area contributed by atoms with Crippen LogP contribution in [0.4, 0.5) is 13.9 Å². The molecule has 1 amide bonds. The number of carbonyl (C=O) groups excluding carboxylic acids is 1. The van der Waals surface area contributed by atoms with Gasteiger partial charge >= 0.3 is 0 Å². The average Bonchev–Trinajstić information content (AvgIpc) is 3.01. The number of fused-ring (bicyclic) bond motifs is 1. The standard InChI is InChI=1S/C19H19F2N3OS/c1-3-24(19-22-16-6-4-5-7-17(16)26-19)18(25)12-23(2)11-13-8-9-14(20)10-15(13)21/h4-10H,3,11-12H2,1-2H3. The Morgan fingerprint density at radius 3 is 2.65 bits per heavy atom. The lowest BCUT2D eigenvalue weighted by Crippen LogP contribution is -2.38. The van der Waals surface area contributed by atoms with Crippen LogP contribution in [0.15, 0.2) is 42.5 Å². The first-order chi connectivity index (χ1) is 12.5. The minimum absolute atomic E-state index is 0.112. The number of benzene rings is 2. The van der Waals surface area contributed by atoms with E-state index in [4.69, 9.17) is 0 Å². The van der Waals surface area contributed by atoms with Crippen molar-refractivity contribution in [2.75, 3.05) is 25.0 Å². The number of amides is 1. The number of thiazole rings is 1. The zero-order chi connectivity index (χ0) is 18.7. The van der Waals surface area contributed by atoms with Crippen LogP contribution in [0.1, 0.15) is 12.5 Å². The lowest BCUT2D eigenvalue weighted by molar-refractivity contribution is -0.119. The van der Waals surface area contributed by atoms with E-state index in [9.17, 15) is 13.6 Å². The number of hydrogen-bond donors (Lipinski definition) is 0. The van der Waals surface area contributed by atoms with Crippen molar-refractivity contribution < 1.29 is 13.6 Å². The lowest BCUT2D eigenvalue weighted by atomic mass is 10.2. The van der Waals surface area contributed by atoms with E-state index in [0.717, 1.165) is 16.3 Å². The van der Waals surface area contributed by atoms with Gasteiger partial charge in [-0.15, -0.1) is 0 Å². The van der Waals surface area contributed by atoms with Crippen LogP contribution < -0.4 is 4.90 Å². The summed E-state index contributed by atoms with van der Waals surface area (Å²) in [6, 6.07) is 11.2. The molecular formula is C19H19F2N3OS. The molecule has 4 nitrogen and oxygen atoms in total. The van der Waals surface area contributed by atoms with Gasteiger partial charge in [0.15, 0.2) is 5.13 Å². The van der Waals surface area contributed by atoms with E-state index >= 15 is 0 Å². The van der Waals surface area contributed by atoms with Gasteiger partial charge in [0.2, 0.25) is 5.91 Å². The molecular weight excluding hydrogens is 356 g/mol. The highest BCUT2D eigenvalue weighted by molar-refractivity contribution is 7.22. The SMILES string of the molecule is CCN(C(=O)CN(C)Cc1ccc(F)cc1F)c1nc2ccccc2s1. The summed E-state index contributed by atoms with van der Waals surface area (Å²) in [7, 11) is 1.73. The fourth-order valence-corrected chi connectivity index (χ4v) is 3.75. The smallest absolute Gasteiger partial charge is 0.242 e. The molecule has 2 aromatic carbocycles. The highest BCUT2D eigenvalue weighted by Gasteiger charge is 2.20. The molecule has 26 heavy (non-hydrogen) atoms. The van der Waals surface area contributed by atoms with Crippen LogP contribution in [-0.2, 0) is 11.3 Å². The largest absolute Gasteiger partial charge is 0.293 e. The first-order valence-electron chi connectivity index (χ1n) is 8.26. The minimum Gasteiger partial charge on any atom is -0.293 e. The molecule has 3 aromatic rings. The fourth-order valence-electron chi connectivity index (χ4n) is 2.71. The van der Waals surface area contributed by atoms with E-state index in [1.807, 2.05) is 31.2 Å². The van der Waals surface area contributed by atoms with Crippen LogP contribution in [0.3, 0.4) is 0 Å². The second kappa shape index (κ2) is 7.88. The Hall–Kier alpha value is -2.38. The summed E-state index contributed by atoms with van der Waals surface area (Å²) >= 11 is 1.47. The van der Waals surface area contributed by atoms with Crippen LogP contribution >= 0.6 is 11.3 Å². The van der Waals surface area contributed by atoms with Gasteiger partial charge in [-0.05, 0) is 32.2 Å². The summed E-state index contributed by atoms with van der Waals surface area (Å²) in [5.41, 5.74) is 1.21. The number of para-hydroxylation sites is 1. The van der Waals surface area contributed by atoms with Gasteiger partial charge in [0.1, 0.15) is 11.6 Å². The number of nitrogens with zero attached hydrogens (tertiary/aromatic N) is 3. The fraction of sp³-hybridized carbons (Fsp3) is 0.263. The lowest BCUT2D eigenvalue weighted by Gasteiger charge is -2.22. The molecule has 0 saturated carbocycles. The maximum absolute atomic E-state index is 13.8. The summed E-state index contributed by atoms with van der Waals surface area (Å²) in [6.45, 7) is 2.72. The van der Waals surface area contributed by atoms with E-state index in [1.54, 1.807) is 16.8 Å². The van der Waals surface area contributed by atoms with Gasteiger partial charge in [-0.1, -0.05) is 29.5 Å². The first kappa shape index (κ1) is 18.4.